The third kappa shape index (κ3) is 3.76. The Morgan fingerprint density at radius 3 is 2.91 bits per heavy atom. The maximum Gasteiger partial charge on any atom is 0.229 e. The van der Waals surface area contributed by atoms with Crippen LogP contribution in [0.25, 0.3) is 0 Å². The molecule has 0 radical (unpaired) electrons. The van der Waals surface area contributed by atoms with Gasteiger partial charge in [-0.2, -0.15) is 0 Å². The first-order valence-electron chi connectivity index (χ1n) is 7.28. The summed E-state index contributed by atoms with van der Waals surface area (Å²) in [5, 5.41) is 2.84. The van der Waals surface area contributed by atoms with Gasteiger partial charge in [0.2, 0.25) is 11.8 Å². The number of benzene rings is 1. The Morgan fingerprint density at radius 1 is 1.45 bits per heavy atom. The summed E-state index contributed by atoms with van der Waals surface area (Å²) in [6.45, 7) is 2.82. The minimum Gasteiger partial charge on any atom is -0.497 e. The van der Waals surface area contributed by atoms with Crippen LogP contribution in [0.3, 0.4) is 0 Å². The van der Waals surface area contributed by atoms with Gasteiger partial charge in [0, 0.05) is 31.8 Å². The Labute approximate surface area is 130 Å². The highest BCUT2D eigenvalue weighted by Gasteiger charge is 2.36. The van der Waals surface area contributed by atoms with Crippen LogP contribution in [0, 0.1) is 5.92 Å². The molecule has 1 aromatic rings. The highest BCUT2D eigenvalue weighted by Crippen LogP contribution is 2.23. The first-order valence-corrected chi connectivity index (χ1v) is 7.28. The molecule has 1 heterocycles. The lowest BCUT2D eigenvalue weighted by atomic mass is 10.1. The van der Waals surface area contributed by atoms with Crippen LogP contribution >= 0.6 is 0 Å². The first kappa shape index (κ1) is 16.3. The molecule has 0 spiro atoms. The number of anilines is 1. The van der Waals surface area contributed by atoms with E-state index in [1.165, 1.54) is 0 Å². The fourth-order valence-corrected chi connectivity index (χ4v) is 2.61. The average Bonchev–Trinajstić information content (AvgIpc) is 2.90. The normalized spacial score (nSPS) is 19.1. The molecule has 6 nitrogen and oxygen atoms in total. The molecule has 2 amide bonds. The fraction of sp³-hybridized carbons (Fsp3) is 0.500. The standard InChI is InChI=1S/C16H22N2O4/c1-11(10-21-2)18-9-12(7-15(18)19)16(20)17-13-5-4-6-14(8-13)22-3/h4-6,8,11-12H,7,9-10H2,1-3H3,(H,17,20)/t11-,12-/m0/s1. The lowest BCUT2D eigenvalue weighted by molar-refractivity contribution is -0.130. The molecule has 1 fully saturated rings. The average molecular weight is 306 g/mol. The van der Waals surface area contributed by atoms with Crippen LogP contribution in [0.2, 0.25) is 0 Å². The minimum atomic E-state index is -0.335. The molecule has 2 atom stereocenters. The van der Waals surface area contributed by atoms with Crippen molar-refractivity contribution in [1.29, 1.82) is 0 Å². The van der Waals surface area contributed by atoms with E-state index in [2.05, 4.69) is 5.32 Å². The Balaban J connectivity index is 1.97. The first-order chi connectivity index (χ1) is 10.5. The molecule has 6 heteroatoms. The quantitative estimate of drug-likeness (QED) is 0.865. The van der Waals surface area contributed by atoms with E-state index in [1.54, 1.807) is 37.3 Å². The Morgan fingerprint density at radius 2 is 2.23 bits per heavy atom. The van der Waals surface area contributed by atoms with Gasteiger partial charge in [0.15, 0.2) is 0 Å². The Hall–Kier alpha value is -2.08. The number of rotatable bonds is 6. The number of methoxy groups -OCH3 is 2. The minimum absolute atomic E-state index is 0.00431. The predicted octanol–water partition coefficient (Wildman–Crippen LogP) is 1.52. The topological polar surface area (TPSA) is 67.9 Å². The number of likely N-dealkylation sites (tertiary alicyclic amines) is 1. The van der Waals surface area contributed by atoms with E-state index in [9.17, 15) is 9.59 Å². The second-order valence-electron chi connectivity index (χ2n) is 5.47. The maximum absolute atomic E-state index is 12.3. The lowest BCUT2D eigenvalue weighted by Crippen LogP contribution is -2.38. The zero-order valence-electron chi connectivity index (χ0n) is 13.2. The summed E-state index contributed by atoms with van der Waals surface area (Å²) in [6.07, 6.45) is 0.240. The number of nitrogens with one attached hydrogen (secondary N) is 1. The van der Waals surface area contributed by atoms with Gasteiger partial charge in [-0.1, -0.05) is 6.07 Å². The van der Waals surface area contributed by atoms with Gasteiger partial charge in [-0.3, -0.25) is 9.59 Å². The molecular formula is C16H22N2O4. The van der Waals surface area contributed by atoms with Gasteiger partial charge < -0.3 is 19.7 Å². The smallest absolute Gasteiger partial charge is 0.229 e. The number of carbonyl (C=O) groups excluding carboxylic acids is 2. The monoisotopic (exact) mass is 306 g/mol. The van der Waals surface area contributed by atoms with Crippen LogP contribution in [0.1, 0.15) is 13.3 Å². The fourth-order valence-electron chi connectivity index (χ4n) is 2.61. The molecule has 0 aromatic heterocycles. The van der Waals surface area contributed by atoms with Crippen molar-refractivity contribution >= 4 is 17.5 Å². The van der Waals surface area contributed by atoms with Gasteiger partial charge in [-0.05, 0) is 19.1 Å². The molecule has 2 rings (SSSR count). The molecule has 1 saturated heterocycles. The summed E-state index contributed by atoms with van der Waals surface area (Å²) in [5.41, 5.74) is 0.667. The molecule has 1 aliphatic heterocycles. The Bertz CT molecular complexity index is 547. The van der Waals surface area contributed by atoms with Crippen molar-refractivity contribution in [1.82, 2.24) is 4.90 Å². The molecular weight excluding hydrogens is 284 g/mol. The Kier molecular flexibility index (Phi) is 5.38. The number of hydrogen-bond acceptors (Lipinski definition) is 4. The number of hydrogen-bond donors (Lipinski definition) is 1. The third-order valence-corrected chi connectivity index (χ3v) is 3.81. The number of amides is 2. The van der Waals surface area contributed by atoms with Crippen molar-refractivity contribution in [3.63, 3.8) is 0 Å². The zero-order valence-corrected chi connectivity index (χ0v) is 13.2. The molecule has 1 aromatic carbocycles. The van der Waals surface area contributed by atoms with E-state index >= 15 is 0 Å². The van der Waals surface area contributed by atoms with Crippen molar-refractivity contribution in [2.75, 3.05) is 32.7 Å². The molecule has 1 N–H and O–H groups in total. The second-order valence-corrected chi connectivity index (χ2v) is 5.47. The largest absolute Gasteiger partial charge is 0.497 e. The van der Waals surface area contributed by atoms with E-state index in [0.29, 0.717) is 24.6 Å². The third-order valence-electron chi connectivity index (χ3n) is 3.81. The summed E-state index contributed by atoms with van der Waals surface area (Å²) in [6, 6.07) is 7.14. The molecule has 0 unspecified atom stereocenters. The summed E-state index contributed by atoms with van der Waals surface area (Å²) in [4.78, 5) is 26.1. The number of ether oxygens (including phenoxy) is 2. The highest BCUT2D eigenvalue weighted by molar-refractivity contribution is 5.97. The molecule has 120 valence electrons. The molecule has 1 aliphatic rings. The van der Waals surface area contributed by atoms with Crippen molar-refractivity contribution in [3.8, 4) is 5.75 Å². The van der Waals surface area contributed by atoms with Crippen molar-refractivity contribution in [2.45, 2.75) is 19.4 Å². The summed E-state index contributed by atoms with van der Waals surface area (Å²) in [7, 11) is 3.18. The zero-order chi connectivity index (χ0) is 16.1. The van der Waals surface area contributed by atoms with Crippen LogP contribution < -0.4 is 10.1 Å². The van der Waals surface area contributed by atoms with Gasteiger partial charge >= 0.3 is 0 Å². The van der Waals surface area contributed by atoms with Crippen LogP contribution in [0.5, 0.6) is 5.75 Å². The van der Waals surface area contributed by atoms with E-state index in [-0.39, 0.29) is 30.2 Å². The van der Waals surface area contributed by atoms with E-state index in [1.807, 2.05) is 13.0 Å². The van der Waals surface area contributed by atoms with Gasteiger partial charge in [-0.25, -0.2) is 0 Å². The lowest BCUT2D eigenvalue weighted by Gasteiger charge is -2.23. The predicted molar refractivity (Wildman–Crippen MR) is 82.8 cm³/mol. The highest BCUT2D eigenvalue weighted by atomic mass is 16.5. The van der Waals surface area contributed by atoms with Crippen LogP contribution in [-0.2, 0) is 14.3 Å². The summed E-state index contributed by atoms with van der Waals surface area (Å²) >= 11 is 0. The summed E-state index contributed by atoms with van der Waals surface area (Å²) in [5.74, 6) is 0.192. The van der Waals surface area contributed by atoms with E-state index in [4.69, 9.17) is 9.47 Å². The van der Waals surface area contributed by atoms with Crippen LogP contribution in [0.4, 0.5) is 5.69 Å². The molecule has 0 saturated carbocycles. The van der Waals surface area contributed by atoms with Gasteiger partial charge in [-0.15, -0.1) is 0 Å². The van der Waals surface area contributed by atoms with Crippen LogP contribution in [0.15, 0.2) is 24.3 Å². The van der Waals surface area contributed by atoms with E-state index < -0.39 is 0 Å². The molecule has 22 heavy (non-hydrogen) atoms. The molecule has 0 aliphatic carbocycles. The van der Waals surface area contributed by atoms with Crippen molar-refractivity contribution in [3.05, 3.63) is 24.3 Å². The van der Waals surface area contributed by atoms with Crippen molar-refractivity contribution in [2.24, 2.45) is 5.92 Å². The van der Waals surface area contributed by atoms with Crippen LogP contribution in [-0.4, -0.2) is 50.1 Å². The SMILES string of the molecule is COC[C@H](C)N1C[C@@H](C(=O)Nc2cccc(OC)c2)CC1=O. The maximum atomic E-state index is 12.3. The van der Waals surface area contributed by atoms with Gasteiger partial charge in [0.25, 0.3) is 0 Å². The van der Waals surface area contributed by atoms with Crippen molar-refractivity contribution < 1.29 is 19.1 Å². The summed E-state index contributed by atoms with van der Waals surface area (Å²) < 4.78 is 10.2. The van der Waals surface area contributed by atoms with Gasteiger partial charge in [0.1, 0.15) is 5.75 Å². The second kappa shape index (κ2) is 7.26. The number of carbonyl (C=O) groups is 2. The molecule has 0 bridgehead atoms. The van der Waals surface area contributed by atoms with Gasteiger partial charge in [0.05, 0.1) is 25.7 Å². The van der Waals surface area contributed by atoms with E-state index in [0.717, 1.165) is 0 Å². The number of nitrogens with zero attached hydrogens (tertiary/aromatic N) is 1.